The Morgan fingerprint density at radius 2 is 2.20 bits per heavy atom. The van der Waals surface area contributed by atoms with Crippen LogP contribution in [0.1, 0.15) is 18.7 Å². The van der Waals surface area contributed by atoms with E-state index < -0.39 is 35.5 Å². The van der Waals surface area contributed by atoms with Crippen LogP contribution in [-0.4, -0.2) is 67.8 Å². The van der Waals surface area contributed by atoms with E-state index in [1.54, 1.807) is 0 Å². The zero-order chi connectivity index (χ0) is 17.3. The number of cyclic esters (lactones) is 1. The molecule has 1 unspecified atom stereocenters. The smallest absolute Gasteiger partial charge is 0.544 e. The Morgan fingerprint density at radius 3 is 2.76 bits per heavy atom. The third-order valence-corrected chi connectivity index (χ3v) is 3.51. The number of carbonyl (C=O) groups is 4. The van der Waals surface area contributed by atoms with Gasteiger partial charge < -0.3 is 20.0 Å². The quantitative estimate of drug-likeness (QED) is 0.377. The number of hydroxylamine groups is 2. The number of carboxylic acids is 1. The minimum absolute atomic E-state index is 0. The Kier molecular flexibility index (Phi) is 5.72. The van der Waals surface area contributed by atoms with Crippen LogP contribution < -0.4 is 40.0 Å². The summed E-state index contributed by atoms with van der Waals surface area (Å²) in [5.41, 5.74) is -2.32. The van der Waals surface area contributed by atoms with Crippen LogP contribution in [0.3, 0.4) is 0 Å². The van der Waals surface area contributed by atoms with Crippen LogP contribution >= 0.6 is 0 Å². The van der Waals surface area contributed by atoms with Gasteiger partial charge in [0.2, 0.25) is 5.91 Å². The van der Waals surface area contributed by atoms with Crippen molar-refractivity contribution < 1.29 is 63.4 Å². The van der Waals surface area contributed by atoms with Crippen LogP contribution in [0.4, 0.5) is 0 Å². The first-order valence-electron chi connectivity index (χ1n) is 6.84. The molecule has 128 valence electrons. The standard InChI is InChI=1S/C11H12N6O7.Na/c18-7(3-6-13-15-16-14-6)12-5-4-23-17(9(5)20)11(10(21)22)2-1-8(19)24-11;/h5H,1-4H2,(H,12,18)(H,21,22)(H,13,14,15,16);/q;+1/p-1/t5-,11?;/m0./s1. The van der Waals surface area contributed by atoms with Gasteiger partial charge in [-0.3, -0.25) is 19.2 Å². The summed E-state index contributed by atoms with van der Waals surface area (Å²) in [5.74, 6) is -3.91. The van der Waals surface area contributed by atoms with E-state index in [0.29, 0.717) is 5.06 Å². The van der Waals surface area contributed by atoms with Gasteiger partial charge in [-0.05, 0) is 0 Å². The summed E-state index contributed by atoms with van der Waals surface area (Å²) < 4.78 is 4.74. The SMILES string of the molecule is O=C(Cc1nn[nH]n1)N[C@H]1CON(C2(C(=O)[O-])CCC(=O)O2)C1=O.[Na+]. The maximum absolute atomic E-state index is 12.3. The Hall–Kier alpha value is -2.09. The fraction of sp³-hybridized carbons (Fsp3) is 0.545. The van der Waals surface area contributed by atoms with E-state index in [2.05, 4.69) is 25.9 Å². The molecule has 2 aliphatic rings. The number of ether oxygens (including phenoxy) is 1. The summed E-state index contributed by atoms with van der Waals surface area (Å²) >= 11 is 0. The van der Waals surface area contributed by atoms with Gasteiger partial charge in [-0.25, -0.2) is 0 Å². The van der Waals surface area contributed by atoms with Crippen LogP contribution in [0, 0.1) is 0 Å². The van der Waals surface area contributed by atoms with E-state index in [1.165, 1.54) is 0 Å². The van der Waals surface area contributed by atoms with E-state index in [9.17, 15) is 24.3 Å². The summed E-state index contributed by atoms with van der Waals surface area (Å²) in [6.45, 7) is -0.316. The Morgan fingerprint density at radius 1 is 1.44 bits per heavy atom. The van der Waals surface area contributed by atoms with Gasteiger partial charge in [0.25, 0.3) is 11.6 Å². The van der Waals surface area contributed by atoms with Gasteiger partial charge in [-0.2, -0.15) is 10.3 Å². The summed E-state index contributed by atoms with van der Waals surface area (Å²) in [5, 5.41) is 26.8. The average Bonchev–Trinajstić information content (AvgIpc) is 3.22. The number of aromatic nitrogens is 4. The fourth-order valence-corrected chi connectivity index (χ4v) is 2.39. The van der Waals surface area contributed by atoms with Crippen molar-refractivity contribution in [2.24, 2.45) is 0 Å². The van der Waals surface area contributed by atoms with Gasteiger partial charge in [0.05, 0.1) is 12.8 Å². The minimum Gasteiger partial charge on any atom is -0.544 e. The Labute approximate surface area is 161 Å². The van der Waals surface area contributed by atoms with Crippen LogP contribution in [0.2, 0.25) is 0 Å². The van der Waals surface area contributed by atoms with Gasteiger partial charge in [-0.1, -0.05) is 5.21 Å². The second kappa shape index (κ2) is 7.43. The zero-order valence-electron chi connectivity index (χ0n) is 13.1. The normalized spacial score (nSPS) is 25.4. The molecule has 0 spiro atoms. The molecule has 0 aliphatic carbocycles. The number of carboxylic acid groups (broad SMARTS) is 1. The van der Waals surface area contributed by atoms with E-state index in [1.807, 2.05) is 0 Å². The summed E-state index contributed by atoms with van der Waals surface area (Å²) in [6.07, 6.45) is -0.736. The number of esters is 1. The molecular weight excluding hydrogens is 351 g/mol. The first kappa shape index (κ1) is 19.2. The number of hydrogen-bond acceptors (Lipinski definition) is 10. The van der Waals surface area contributed by atoms with Crippen LogP contribution in [-0.2, 0) is 35.2 Å². The van der Waals surface area contributed by atoms with Crippen molar-refractivity contribution in [3.63, 3.8) is 0 Å². The van der Waals surface area contributed by atoms with Gasteiger partial charge >= 0.3 is 35.5 Å². The van der Waals surface area contributed by atoms with Crippen molar-refractivity contribution >= 4 is 23.8 Å². The van der Waals surface area contributed by atoms with Crippen molar-refractivity contribution in [3.05, 3.63) is 5.82 Å². The van der Waals surface area contributed by atoms with Crippen molar-refractivity contribution in [2.75, 3.05) is 6.61 Å². The molecule has 0 saturated carbocycles. The number of rotatable bonds is 5. The molecule has 2 N–H and O–H groups in total. The molecule has 25 heavy (non-hydrogen) atoms. The molecule has 1 aromatic heterocycles. The van der Waals surface area contributed by atoms with Crippen LogP contribution in [0.15, 0.2) is 0 Å². The molecule has 0 bridgehead atoms. The predicted molar refractivity (Wildman–Crippen MR) is 65.7 cm³/mol. The van der Waals surface area contributed by atoms with E-state index in [4.69, 9.17) is 9.57 Å². The number of nitrogens with zero attached hydrogens (tertiary/aromatic N) is 4. The molecule has 2 aliphatic heterocycles. The number of carbonyl (C=O) groups excluding carboxylic acids is 4. The molecule has 13 nitrogen and oxygen atoms in total. The number of nitrogens with one attached hydrogen (secondary N) is 2. The molecule has 2 fully saturated rings. The topological polar surface area (TPSA) is 180 Å². The average molecular weight is 362 g/mol. The first-order chi connectivity index (χ1) is 11.4. The molecule has 2 atom stereocenters. The maximum atomic E-state index is 12.3. The largest absolute Gasteiger partial charge is 1.00 e. The first-order valence-corrected chi connectivity index (χ1v) is 6.84. The Bertz CT molecular complexity index is 697. The number of H-pyrrole nitrogens is 1. The van der Waals surface area contributed by atoms with E-state index in [-0.39, 0.29) is 61.3 Å². The van der Waals surface area contributed by atoms with Gasteiger partial charge in [0.15, 0.2) is 5.82 Å². The number of amides is 2. The number of aromatic amines is 1. The van der Waals surface area contributed by atoms with Gasteiger partial charge in [0, 0.05) is 6.42 Å². The number of hydrogen-bond donors (Lipinski definition) is 2. The second-order valence-electron chi connectivity index (χ2n) is 5.10. The van der Waals surface area contributed by atoms with Crippen LogP contribution in [0.25, 0.3) is 0 Å². The molecule has 14 heteroatoms. The van der Waals surface area contributed by atoms with Crippen molar-refractivity contribution in [1.29, 1.82) is 0 Å². The molecular formula is C11H11N6NaO7. The number of tetrazole rings is 1. The molecule has 3 rings (SSSR count). The molecule has 1 aromatic rings. The molecule has 0 aromatic carbocycles. The molecule has 2 saturated heterocycles. The minimum atomic E-state index is -2.32. The zero-order valence-corrected chi connectivity index (χ0v) is 15.1. The molecule has 3 heterocycles. The maximum Gasteiger partial charge on any atom is 1.00 e. The predicted octanol–water partition coefficient (Wildman–Crippen LogP) is -7.21. The molecule has 0 radical (unpaired) electrons. The monoisotopic (exact) mass is 362 g/mol. The van der Waals surface area contributed by atoms with Gasteiger partial charge in [0.1, 0.15) is 18.6 Å². The van der Waals surface area contributed by atoms with Crippen LogP contribution in [0.5, 0.6) is 0 Å². The fourth-order valence-electron chi connectivity index (χ4n) is 2.39. The Balaban J connectivity index is 0.00000225. The number of aliphatic carboxylic acids is 1. The van der Waals surface area contributed by atoms with Crippen molar-refractivity contribution in [3.8, 4) is 0 Å². The van der Waals surface area contributed by atoms with E-state index >= 15 is 0 Å². The van der Waals surface area contributed by atoms with Gasteiger partial charge in [-0.15, -0.1) is 10.2 Å². The third kappa shape index (κ3) is 3.63. The third-order valence-electron chi connectivity index (χ3n) is 3.51. The molecule has 2 amide bonds. The summed E-state index contributed by atoms with van der Waals surface area (Å²) in [7, 11) is 0. The summed E-state index contributed by atoms with van der Waals surface area (Å²) in [6, 6.07) is -1.14. The van der Waals surface area contributed by atoms with Crippen molar-refractivity contribution in [1.82, 2.24) is 31.0 Å². The van der Waals surface area contributed by atoms with Crippen molar-refractivity contribution in [2.45, 2.75) is 31.0 Å². The second-order valence-corrected chi connectivity index (χ2v) is 5.10. The summed E-state index contributed by atoms with van der Waals surface area (Å²) in [4.78, 5) is 51.8. The van der Waals surface area contributed by atoms with E-state index in [0.717, 1.165) is 0 Å².